The second-order valence-electron chi connectivity index (χ2n) is 4.12. The van der Waals surface area contributed by atoms with Crippen molar-refractivity contribution in [1.29, 1.82) is 0 Å². The third kappa shape index (κ3) is 4.62. The van der Waals surface area contributed by atoms with Crippen LogP contribution < -0.4 is 4.74 Å². The van der Waals surface area contributed by atoms with E-state index in [4.69, 9.17) is 14.2 Å². The molecule has 104 valence electrons. The molecule has 0 radical (unpaired) electrons. The first kappa shape index (κ1) is 15.0. The van der Waals surface area contributed by atoms with Crippen molar-refractivity contribution in [2.24, 2.45) is 0 Å². The third-order valence-electron chi connectivity index (χ3n) is 2.52. The van der Waals surface area contributed by atoms with E-state index in [0.29, 0.717) is 5.75 Å². The molecule has 0 N–H and O–H groups in total. The van der Waals surface area contributed by atoms with Gasteiger partial charge in [-0.25, -0.2) is 0 Å². The summed E-state index contributed by atoms with van der Waals surface area (Å²) in [5, 5.41) is 0. The molecule has 0 amide bonds. The van der Waals surface area contributed by atoms with Crippen LogP contribution in [0.1, 0.15) is 32.4 Å². The van der Waals surface area contributed by atoms with E-state index in [1.54, 1.807) is 38.3 Å². The van der Waals surface area contributed by atoms with Gasteiger partial charge in [-0.1, -0.05) is 12.1 Å². The Hall–Kier alpha value is -2.04. The summed E-state index contributed by atoms with van der Waals surface area (Å²) in [5.41, 5.74) is 0.741. The zero-order valence-electron chi connectivity index (χ0n) is 11.5. The van der Waals surface area contributed by atoms with Gasteiger partial charge in [0, 0.05) is 13.8 Å². The summed E-state index contributed by atoms with van der Waals surface area (Å²) in [4.78, 5) is 22.1. The lowest BCUT2D eigenvalue weighted by Crippen LogP contribution is -2.25. The Labute approximate surface area is 112 Å². The van der Waals surface area contributed by atoms with E-state index in [1.807, 2.05) is 0 Å². The second kappa shape index (κ2) is 6.78. The monoisotopic (exact) mass is 268 g/mol. The van der Waals surface area contributed by atoms with Crippen LogP contribution in [-0.2, 0) is 19.1 Å². The molecule has 0 aliphatic heterocycles. The Morgan fingerprint density at radius 2 is 1.53 bits per heavy atom. The van der Waals surface area contributed by atoms with Crippen LogP contribution in [0.25, 0.3) is 0 Å². The summed E-state index contributed by atoms with van der Waals surface area (Å²) in [7, 11) is 1.57. The lowest BCUT2D eigenvalue weighted by Gasteiger charge is -2.23. The van der Waals surface area contributed by atoms with Crippen LogP contribution in [0, 0.1) is 0 Å². The molecule has 0 saturated heterocycles. The molecule has 5 heteroatoms. The van der Waals surface area contributed by atoms with Gasteiger partial charge in [-0.2, -0.15) is 0 Å². The van der Waals surface area contributed by atoms with Crippen LogP contribution in [-0.4, -0.2) is 25.2 Å². The molecule has 0 bridgehead atoms. The third-order valence-corrected chi connectivity index (χ3v) is 2.52. The molecule has 1 aromatic rings. The van der Waals surface area contributed by atoms with Crippen molar-refractivity contribution in [2.75, 3.05) is 7.11 Å². The summed E-state index contributed by atoms with van der Waals surface area (Å²) >= 11 is 0. The van der Waals surface area contributed by atoms with Crippen molar-refractivity contribution in [3.8, 4) is 5.75 Å². The number of ether oxygens (including phenoxy) is 3. The lowest BCUT2D eigenvalue weighted by molar-refractivity contribution is -0.164. The highest BCUT2D eigenvalue weighted by Gasteiger charge is 2.24. The predicted octanol–water partition coefficient (Wildman–Crippen LogP) is 2.25. The van der Waals surface area contributed by atoms with Gasteiger partial charge < -0.3 is 14.2 Å². The fourth-order valence-electron chi connectivity index (χ4n) is 1.73. The molecular weight excluding hydrogens is 250 g/mol. The summed E-state index contributed by atoms with van der Waals surface area (Å²) in [6.07, 6.45) is -1.19. The number of methoxy groups -OCH3 is 1. The summed E-state index contributed by atoms with van der Waals surface area (Å²) in [5.74, 6) is -0.150. The maximum atomic E-state index is 11.2. The summed E-state index contributed by atoms with van der Waals surface area (Å²) in [6.45, 7) is 4.31. The average molecular weight is 268 g/mol. The average Bonchev–Trinajstić information content (AvgIpc) is 2.35. The molecule has 0 saturated carbocycles. The number of carbonyl (C=O) groups excluding carboxylic acids is 2. The molecule has 19 heavy (non-hydrogen) atoms. The van der Waals surface area contributed by atoms with Crippen LogP contribution in [0.15, 0.2) is 24.3 Å². The normalized spacial score (nSPS) is 13.3. The SMILES string of the molecule is COc1ccc([C@@H](OC(C)=O)[13C@@H]([13CH3])OC(C)=O)cc1. The lowest BCUT2D eigenvalue weighted by atomic mass is 10.1. The first-order valence-electron chi connectivity index (χ1n) is 5.92. The molecule has 0 aromatic heterocycles. The van der Waals surface area contributed by atoms with Gasteiger partial charge in [0.05, 0.1) is 7.11 Å². The van der Waals surface area contributed by atoms with E-state index in [-0.39, 0.29) is 0 Å². The summed E-state index contributed by atoms with van der Waals surface area (Å²) < 4.78 is 15.4. The predicted molar refractivity (Wildman–Crippen MR) is 68.7 cm³/mol. The van der Waals surface area contributed by atoms with E-state index < -0.39 is 24.1 Å². The Balaban J connectivity index is 2.93. The molecule has 0 heterocycles. The van der Waals surface area contributed by atoms with Gasteiger partial charge in [0.2, 0.25) is 0 Å². The van der Waals surface area contributed by atoms with Crippen LogP contribution in [0.5, 0.6) is 5.75 Å². The van der Waals surface area contributed by atoms with Gasteiger partial charge in [0.15, 0.2) is 6.10 Å². The van der Waals surface area contributed by atoms with Crippen LogP contribution in [0.3, 0.4) is 0 Å². The van der Waals surface area contributed by atoms with E-state index in [1.165, 1.54) is 13.8 Å². The maximum Gasteiger partial charge on any atom is 0.303 e. The molecule has 5 nitrogen and oxygen atoms in total. The number of esters is 2. The van der Waals surface area contributed by atoms with Crippen molar-refractivity contribution in [2.45, 2.75) is 33.0 Å². The van der Waals surface area contributed by atoms with Gasteiger partial charge in [-0.05, 0) is 24.6 Å². The highest BCUT2D eigenvalue weighted by molar-refractivity contribution is 5.67. The van der Waals surface area contributed by atoms with E-state index in [2.05, 4.69) is 0 Å². The van der Waals surface area contributed by atoms with Crippen molar-refractivity contribution >= 4 is 11.9 Å². The van der Waals surface area contributed by atoms with Crippen molar-refractivity contribution in [3.63, 3.8) is 0 Å². The Morgan fingerprint density at radius 1 is 1.00 bits per heavy atom. The highest BCUT2D eigenvalue weighted by atomic mass is 16.6. The van der Waals surface area contributed by atoms with Crippen LogP contribution >= 0.6 is 0 Å². The van der Waals surface area contributed by atoms with Gasteiger partial charge in [0.25, 0.3) is 0 Å². The molecular formula is C14H18O5. The fraction of sp³-hybridized carbons (Fsp3) is 0.429. The number of hydrogen-bond acceptors (Lipinski definition) is 5. The van der Waals surface area contributed by atoms with Crippen molar-refractivity contribution in [1.82, 2.24) is 0 Å². The number of hydrogen-bond donors (Lipinski definition) is 0. The van der Waals surface area contributed by atoms with E-state index in [9.17, 15) is 9.59 Å². The molecule has 0 aliphatic carbocycles. The minimum absolute atomic E-state index is 0.418. The zero-order chi connectivity index (χ0) is 14.4. The standard InChI is InChI=1S/C14H18O5/c1-9(18-10(2)15)14(19-11(3)16)12-5-7-13(17-4)8-6-12/h5-9,14H,1-4H3/t9-,14+/m1/s1/i1+1,9+1. The largest absolute Gasteiger partial charge is 0.497 e. The van der Waals surface area contributed by atoms with Crippen LogP contribution in [0.4, 0.5) is 0 Å². The molecule has 0 unspecified atom stereocenters. The first-order valence-corrected chi connectivity index (χ1v) is 5.92. The first-order chi connectivity index (χ1) is 8.93. The molecule has 2 atom stereocenters. The van der Waals surface area contributed by atoms with Crippen LogP contribution in [0.2, 0.25) is 0 Å². The highest BCUT2D eigenvalue weighted by Crippen LogP contribution is 2.25. The summed E-state index contributed by atoms with van der Waals surface area (Å²) in [6, 6.07) is 7.05. The quantitative estimate of drug-likeness (QED) is 0.605. The smallest absolute Gasteiger partial charge is 0.303 e. The van der Waals surface area contributed by atoms with Crippen molar-refractivity contribution in [3.05, 3.63) is 29.8 Å². The molecule has 0 spiro atoms. The molecule has 0 aliphatic rings. The number of carbonyl (C=O) groups is 2. The topological polar surface area (TPSA) is 61.8 Å². The minimum Gasteiger partial charge on any atom is -0.497 e. The number of benzene rings is 1. The van der Waals surface area contributed by atoms with Gasteiger partial charge in [-0.3, -0.25) is 9.59 Å². The molecule has 1 aromatic carbocycles. The number of rotatable bonds is 5. The minimum atomic E-state index is -0.632. The van der Waals surface area contributed by atoms with Gasteiger partial charge >= 0.3 is 11.9 Å². The Bertz CT molecular complexity index is 438. The maximum absolute atomic E-state index is 11.2. The van der Waals surface area contributed by atoms with Crippen molar-refractivity contribution < 1.29 is 23.8 Å². The van der Waals surface area contributed by atoms with E-state index >= 15 is 0 Å². The van der Waals surface area contributed by atoms with E-state index in [0.717, 1.165) is 5.56 Å². The Morgan fingerprint density at radius 3 is 1.95 bits per heavy atom. The zero-order valence-corrected chi connectivity index (χ0v) is 11.5. The molecule has 0 fully saturated rings. The van der Waals surface area contributed by atoms with Gasteiger partial charge in [0.1, 0.15) is 11.9 Å². The fourth-order valence-corrected chi connectivity index (χ4v) is 1.73. The van der Waals surface area contributed by atoms with Gasteiger partial charge in [-0.15, -0.1) is 0 Å². The Kier molecular flexibility index (Phi) is 5.36. The molecule has 1 rings (SSSR count). The second-order valence-corrected chi connectivity index (χ2v) is 4.12.